The maximum Gasteiger partial charge on any atom is 0.0722 e. The lowest BCUT2D eigenvalue weighted by Gasteiger charge is -2.09. The van der Waals surface area contributed by atoms with Gasteiger partial charge in [-0.3, -0.25) is 4.98 Å². The molecule has 1 heterocycles. The minimum Gasteiger partial charge on any atom is -0.252 e. The van der Waals surface area contributed by atoms with Crippen LogP contribution < -0.4 is 0 Å². The van der Waals surface area contributed by atoms with Gasteiger partial charge in [-0.1, -0.05) is 6.07 Å². The van der Waals surface area contributed by atoms with E-state index in [1.54, 1.807) is 0 Å². The number of fused-ring (bicyclic) bond motifs is 1. The fraction of sp³-hybridized carbons (Fsp3) is 0.250. The average molecular weight is 329 g/mol. The van der Waals surface area contributed by atoms with Gasteiger partial charge in [0, 0.05) is 9.86 Å². The van der Waals surface area contributed by atoms with Gasteiger partial charge >= 0.3 is 0 Å². The van der Waals surface area contributed by atoms with Crippen LogP contribution in [-0.4, -0.2) is 4.98 Å². The first-order valence-electron chi connectivity index (χ1n) is 4.73. The lowest BCUT2D eigenvalue weighted by atomic mass is 10.1. The van der Waals surface area contributed by atoms with Crippen molar-refractivity contribution in [2.75, 3.05) is 0 Å². The molecule has 0 bridgehead atoms. The zero-order chi connectivity index (χ0) is 11.2. The van der Waals surface area contributed by atoms with Crippen molar-refractivity contribution in [1.82, 2.24) is 4.98 Å². The van der Waals surface area contributed by atoms with Crippen LogP contribution in [0.4, 0.5) is 0 Å². The molecule has 15 heavy (non-hydrogen) atoms. The van der Waals surface area contributed by atoms with Crippen molar-refractivity contribution in [2.45, 2.75) is 20.8 Å². The van der Waals surface area contributed by atoms with E-state index < -0.39 is 0 Å². The van der Waals surface area contributed by atoms with Crippen molar-refractivity contribution >= 4 is 42.8 Å². The van der Waals surface area contributed by atoms with E-state index >= 15 is 0 Å². The third-order valence-corrected chi connectivity index (χ3v) is 4.77. The molecular weight excluding hydrogens is 318 g/mol. The number of pyridine rings is 1. The largest absolute Gasteiger partial charge is 0.252 e. The summed E-state index contributed by atoms with van der Waals surface area (Å²) in [6.07, 6.45) is 0. The number of benzene rings is 1. The second-order valence-corrected chi connectivity index (χ2v) is 5.39. The highest BCUT2D eigenvalue weighted by atomic mass is 79.9. The highest BCUT2D eigenvalue weighted by Gasteiger charge is 2.10. The van der Waals surface area contributed by atoms with Crippen LogP contribution in [-0.2, 0) is 0 Å². The third-order valence-electron chi connectivity index (χ3n) is 2.48. The molecule has 0 unspecified atom stereocenters. The molecular formula is C12H11Br2N. The Balaban J connectivity index is 2.99. The van der Waals surface area contributed by atoms with E-state index in [4.69, 9.17) is 0 Å². The van der Waals surface area contributed by atoms with Crippen LogP contribution in [0.1, 0.15) is 16.8 Å². The molecule has 0 aliphatic carbocycles. The van der Waals surface area contributed by atoms with Crippen molar-refractivity contribution in [2.24, 2.45) is 0 Å². The summed E-state index contributed by atoms with van der Waals surface area (Å²) in [5, 5.41) is 1.19. The van der Waals surface area contributed by atoms with Crippen molar-refractivity contribution in [3.8, 4) is 0 Å². The lowest BCUT2D eigenvalue weighted by Crippen LogP contribution is -1.91. The minimum atomic E-state index is 1.01. The number of halogens is 2. The fourth-order valence-electron chi connectivity index (χ4n) is 1.82. The molecule has 1 nitrogen and oxygen atoms in total. The van der Waals surface area contributed by atoms with Crippen LogP contribution in [0.25, 0.3) is 10.9 Å². The van der Waals surface area contributed by atoms with Gasteiger partial charge in [-0.2, -0.15) is 0 Å². The molecule has 78 valence electrons. The molecule has 0 spiro atoms. The van der Waals surface area contributed by atoms with Crippen LogP contribution in [0, 0.1) is 20.8 Å². The monoisotopic (exact) mass is 327 g/mol. The molecule has 0 N–H and O–H groups in total. The number of hydrogen-bond donors (Lipinski definition) is 0. The zero-order valence-electron chi connectivity index (χ0n) is 8.86. The van der Waals surface area contributed by atoms with E-state index in [-0.39, 0.29) is 0 Å². The highest BCUT2D eigenvalue weighted by molar-refractivity contribution is 9.13. The highest BCUT2D eigenvalue weighted by Crippen LogP contribution is 2.34. The van der Waals surface area contributed by atoms with Crippen LogP contribution in [0.5, 0.6) is 0 Å². The maximum absolute atomic E-state index is 4.58. The molecule has 2 aromatic rings. The molecule has 0 fully saturated rings. The Kier molecular flexibility index (Phi) is 2.86. The van der Waals surface area contributed by atoms with Gasteiger partial charge in [0.15, 0.2) is 0 Å². The number of nitrogens with zero attached hydrogens (tertiary/aromatic N) is 1. The summed E-state index contributed by atoms with van der Waals surface area (Å²) in [7, 11) is 0. The molecule has 3 heteroatoms. The quantitative estimate of drug-likeness (QED) is 0.684. The summed E-state index contributed by atoms with van der Waals surface area (Å²) in [4.78, 5) is 4.58. The normalized spacial score (nSPS) is 11.0. The Labute approximate surface area is 106 Å². The van der Waals surface area contributed by atoms with Gasteiger partial charge in [0.05, 0.1) is 15.7 Å². The molecule has 0 amide bonds. The van der Waals surface area contributed by atoms with E-state index in [9.17, 15) is 0 Å². The van der Waals surface area contributed by atoms with E-state index in [0.29, 0.717) is 0 Å². The Morgan fingerprint density at radius 2 is 1.67 bits per heavy atom. The first kappa shape index (κ1) is 11.1. The summed E-state index contributed by atoms with van der Waals surface area (Å²) in [5.41, 5.74) is 4.57. The Hall–Kier alpha value is -0.410. The van der Waals surface area contributed by atoms with Crippen molar-refractivity contribution in [3.63, 3.8) is 0 Å². The maximum atomic E-state index is 4.58. The van der Waals surface area contributed by atoms with Crippen molar-refractivity contribution < 1.29 is 0 Å². The van der Waals surface area contributed by atoms with Crippen LogP contribution >= 0.6 is 31.9 Å². The Bertz CT molecular complexity index is 547. The Morgan fingerprint density at radius 3 is 2.33 bits per heavy atom. The van der Waals surface area contributed by atoms with Crippen LogP contribution in [0.3, 0.4) is 0 Å². The molecule has 2 rings (SSSR count). The topological polar surface area (TPSA) is 12.9 Å². The second kappa shape index (κ2) is 3.87. The first-order chi connectivity index (χ1) is 7.00. The predicted octanol–water partition coefficient (Wildman–Crippen LogP) is 4.69. The van der Waals surface area contributed by atoms with Crippen molar-refractivity contribution in [1.29, 1.82) is 0 Å². The third kappa shape index (κ3) is 1.83. The summed E-state index contributed by atoms with van der Waals surface area (Å²) >= 11 is 7.16. The van der Waals surface area contributed by atoms with Gasteiger partial charge in [-0.25, -0.2) is 0 Å². The summed E-state index contributed by atoms with van der Waals surface area (Å²) in [6, 6.07) is 4.29. The second-order valence-electron chi connectivity index (χ2n) is 3.80. The molecule has 0 aliphatic rings. The number of rotatable bonds is 0. The van der Waals surface area contributed by atoms with Gasteiger partial charge in [0.2, 0.25) is 0 Å². The van der Waals surface area contributed by atoms with Gasteiger partial charge in [0.25, 0.3) is 0 Å². The summed E-state index contributed by atoms with van der Waals surface area (Å²) in [6.45, 7) is 6.22. The summed E-state index contributed by atoms with van der Waals surface area (Å²) in [5.74, 6) is 0. The van der Waals surface area contributed by atoms with Gasteiger partial charge < -0.3 is 0 Å². The number of aryl methyl sites for hydroxylation is 3. The van der Waals surface area contributed by atoms with E-state index in [2.05, 4.69) is 62.8 Å². The average Bonchev–Trinajstić information content (AvgIpc) is 2.13. The molecule has 0 saturated heterocycles. The van der Waals surface area contributed by atoms with E-state index in [1.165, 1.54) is 16.5 Å². The molecule has 0 saturated carbocycles. The smallest absolute Gasteiger partial charge is 0.0722 e. The van der Waals surface area contributed by atoms with E-state index in [0.717, 1.165) is 20.2 Å². The predicted molar refractivity (Wildman–Crippen MR) is 71.4 cm³/mol. The first-order valence-corrected chi connectivity index (χ1v) is 6.32. The molecule has 0 radical (unpaired) electrons. The fourth-order valence-corrected chi connectivity index (χ4v) is 2.91. The molecule has 0 aliphatic heterocycles. The molecule has 1 aromatic heterocycles. The summed E-state index contributed by atoms with van der Waals surface area (Å²) < 4.78 is 2.14. The molecule has 1 aromatic carbocycles. The van der Waals surface area contributed by atoms with Crippen LogP contribution in [0.15, 0.2) is 21.1 Å². The van der Waals surface area contributed by atoms with Crippen LogP contribution in [0.2, 0.25) is 0 Å². The van der Waals surface area contributed by atoms with Crippen molar-refractivity contribution in [3.05, 3.63) is 37.9 Å². The standard InChI is InChI=1S/C12H11Br2N/c1-6-4-7(2)10-9(5-6)15-8(3)11(13)12(10)14/h4-5H,1-3H3. The number of aromatic nitrogens is 1. The SMILES string of the molecule is Cc1cc(C)c2c(Br)c(Br)c(C)nc2c1. The van der Waals surface area contributed by atoms with E-state index in [1.807, 2.05) is 6.92 Å². The van der Waals surface area contributed by atoms with Gasteiger partial charge in [-0.15, -0.1) is 0 Å². The van der Waals surface area contributed by atoms with Gasteiger partial charge in [0.1, 0.15) is 0 Å². The number of hydrogen-bond acceptors (Lipinski definition) is 1. The van der Waals surface area contributed by atoms with Gasteiger partial charge in [-0.05, 0) is 69.8 Å². The zero-order valence-corrected chi connectivity index (χ0v) is 12.0. The Morgan fingerprint density at radius 1 is 1.00 bits per heavy atom. The lowest BCUT2D eigenvalue weighted by molar-refractivity contribution is 1.21. The molecule has 0 atom stereocenters. The minimum absolute atomic E-state index is 1.01.